The number of hydrogen-bond donors (Lipinski definition) is 2. The summed E-state index contributed by atoms with van der Waals surface area (Å²) < 4.78 is 5.90. The van der Waals surface area contributed by atoms with Gasteiger partial charge in [-0.15, -0.1) is 0 Å². The Balaban J connectivity index is 2.42. The zero-order valence-electron chi connectivity index (χ0n) is 14.3. The summed E-state index contributed by atoms with van der Waals surface area (Å²) in [5.74, 6) is 1.51. The van der Waals surface area contributed by atoms with Crippen molar-refractivity contribution < 1.29 is 4.74 Å². The molecule has 2 rings (SSSR count). The molecule has 0 saturated heterocycles. The van der Waals surface area contributed by atoms with Crippen LogP contribution in [-0.4, -0.2) is 18.2 Å². The molecule has 21 heavy (non-hydrogen) atoms. The van der Waals surface area contributed by atoms with Gasteiger partial charge in [0.15, 0.2) is 0 Å². The highest BCUT2D eigenvalue weighted by Crippen LogP contribution is 2.45. The third kappa shape index (κ3) is 3.63. The molecule has 1 aliphatic heterocycles. The summed E-state index contributed by atoms with van der Waals surface area (Å²) in [6, 6.07) is 4.90. The average molecular weight is 290 g/mol. The molecule has 0 fully saturated rings. The van der Waals surface area contributed by atoms with E-state index in [1.807, 2.05) is 6.92 Å². The Morgan fingerprint density at radius 2 is 2.10 bits per heavy atom. The molecule has 0 radical (unpaired) electrons. The fourth-order valence-electron chi connectivity index (χ4n) is 3.16. The van der Waals surface area contributed by atoms with Gasteiger partial charge in [-0.3, -0.25) is 0 Å². The number of benzene rings is 1. The average Bonchev–Trinajstić information content (AvgIpc) is 2.39. The molecule has 0 amide bonds. The molecule has 2 unspecified atom stereocenters. The van der Waals surface area contributed by atoms with Gasteiger partial charge in [0, 0.05) is 23.3 Å². The summed E-state index contributed by atoms with van der Waals surface area (Å²) in [6.45, 7) is 14.0. The summed E-state index contributed by atoms with van der Waals surface area (Å²) in [7, 11) is 0. The molecule has 118 valence electrons. The molecule has 2 atom stereocenters. The maximum absolute atomic E-state index is 5.90. The Morgan fingerprint density at radius 1 is 1.38 bits per heavy atom. The first-order valence-electron chi connectivity index (χ1n) is 8.21. The van der Waals surface area contributed by atoms with Crippen LogP contribution in [-0.2, 0) is 0 Å². The van der Waals surface area contributed by atoms with E-state index in [1.54, 1.807) is 0 Å². The number of anilines is 2. The summed E-state index contributed by atoms with van der Waals surface area (Å²) in [5.41, 5.74) is 3.82. The molecule has 0 saturated carbocycles. The lowest BCUT2D eigenvalue weighted by molar-refractivity contribution is 0.337. The summed E-state index contributed by atoms with van der Waals surface area (Å²) >= 11 is 0. The Morgan fingerprint density at radius 3 is 2.71 bits per heavy atom. The lowest BCUT2D eigenvalue weighted by atomic mass is 9.81. The minimum Gasteiger partial charge on any atom is -0.492 e. The third-order valence-corrected chi connectivity index (χ3v) is 4.27. The largest absolute Gasteiger partial charge is 0.492 e. The zero-order chi connectivity index (χ0) is 15.6. The van der Waals surface area contributed by atoms with Crippen LogP contribution in [0.2, 0.25) is 0 Å². The monoisotopic (exact) mass is 290 g/mol. The van der Waals surface area contributed by atoms with Crippen LogP contribution in [0, 0.1) is 0 Å². The van der Waals surface area contributed by atoms with Crippen LogP contribution in [0.15, 0.2) is 12.1 Å². The van der Waals surface area contributed by atoms with Crippen LogP contribution in [0.3, 0.4) is 0 Å². The SMILES string of the molecule is CCOc1cc(NC(C)CC)cc2c1NC(C)(C)CC2C. The molecule has 3 heteroatoms. The van der Waals surface area contributed by atoms with E-state index in [0.29, 0.717) is 18.6 Å². The number of fused-ring (bicyclic) bond motifs is 1. The van der Waals surface area contributed by atoms with Crippen molar-refractivity contribution in [2.24, 2.45) is 0 Å². The Labute approximate surface area is 129 Å². The minimum atomic E-state index is 0.115. The first kappa shape index (κ1) is 16.0. The molecule has 1 heterocycles. The summed E-state index contributed by atoms with van der Waals surface area (Å²) in [5, 5.41) is 7.24. The van der Waals surface area contributed by atoms with Crippen molar-refractivity contribution >= 4 is 11.4 Å². The smallest absolute Gasteiger partial charge is 0.144 e. The maximum atomic E-state index is 5.90. The standard InChI is InChI=1S/C18H30N2O/c1-7-13(4)19-14-9-15-12(3)11-18(5,6)20-17(15)16(10-14)21-8-2/h9-10,12-13,19-20H,7-8,11H2,1-6H3. The topological polar surface area (TPSA) is 33.3 Å². The number of ether oxygens (including phenoxy) is 1. The van der Waals surface area contributed by atoms with Crippen LogP contribution in [0.1, 0.15) is 65.9 Å². The molecule has 0 spiro atoms. The van der Waals surface area contributed by atoms with Gasteiger partial charge in [-0.05, 0) is 58.1 Å². The third-order valence-electron chi connectivity index (χ3n) is 4.27. The molecular weight excluding hydrogens is 260 g/mol. The van der Waals surface area contributed by atoms with E-state index in [9.17, 15) is 0 Å². The van der Waals surface area contributed by atoms with E-state index >= 15 is 0 Å². The molecular formula is C18H30N2O. The van der Waals surface area contributed by atoms with Crippen molar-refractivity contribution in [3.63, 3.8) is 0 Å². The molecule has 2 N–H and O–H groups in total. The quantitative estimate of drug-likeness (QED) is 0.801. The van der Waals surface area contributed by atoms with Gasteiger partial charge in [-0.25, -0.2) is 0 Å². The van der Waals surface area contributed by atoms with Gasteiger partial charge in [0.05, 0.1) is 12.3 Å². The number of hydrogen-bond acceptors (Lipinski definition) is 3. The molecule has 0 aliphatic carbocycles. The Bertz CT molecular complexity index is 496. The minimum absolute atomic E-state index is 0.115. The summed E-state index contributed by atoms with van der Waals surface area (Å²) in [6.07, 6.45) is 2.25. The predicted octanol–water partition coefficient (Wildman–Crippen LogP) is 4.99. The molecule has 0 aromatic heterocycles. The van der Waals surface area contributed by atoms with Crippen LogP contribution >= 0.6 is 0 Å². The van der Waals surface area contributed by atoms with Crippen molar-refractivity contribution in [1.29, 1.82) is 0 Å². The highest BCUT2D eigenvalue weighted by molar-refractivity contribution is 5.72. The second kappa shape index (κ2) is 6.17. The predicted molar refractivity (Wildman–Crippen MR) is 91.7 cm³/mol. The van der Waals surface area contributed by atoms with E-state index in [2.05, 4.69) is 57.4 Å². The van der Waals surface area contributed by atoms with Gasteiger partial charge < -0.3 is 15.4 Å². The van der Waals surface area contributed by atoms with Crippen LogP contribution in [0.4, 0.5) is 11.4 Å². The van der Waals surface area contributed by atoms with Crippen molar-refractivity contribution in [3.05, 3.63) is 17.7 Å². The van der Waals surface area contributed by atoms with Gasteiger partial charge in [0.2, 0.25) is 0 Å². The highest BCUT2D eigenvalue weighted by atomic mass is 16.5. The zero-order valence-corrected chi connectivity index (χ0v) is 14.3. The summed E-state index contributed by atoms with van der Waals surface area (Å²) in [4.78, 5) is 0. The van der Waals surface area contributed by atoms with Crippen LogP contribution < -0.4 is 15.4 Å². The Kier molecular flexibility index (Phi) is 4.70. The van der Waals surface area contributed by atoms with Gasteiger partial charge in [0.1, 0.15) is 5.75 Å². The van der Waals surface area contributed by atoms with Gasteiger partial charge in [0.25, 0.3) is 0 Å². The van der Waals surface area contributed by atoms with Crippen LogP contribution in [0.5, 0.6) is 5.75 Å². The van der Waals surface area contributed by atoms with Crippen molar-refractivity contribution in [2.45, 2.75) is 71.9 Å². The molecule has 0 bridgehead atoms. The van der Waals surface area contributed by atoms with Gasteiger partial charge >= 0.3 is 0 Å². The van der Waals surface area contributed by atoms with E-state index < -0.39 is 0 Å². The van der Waals surface area contributed by atoms with Crippen molar-refractivity contribution in [2.75, 3.05) is 17.2 Å². The van der Waals surface area contributed by atoms with Gasteiger partial charge in [-0.2, -0.15) is 0 Å². The second-order valence-electron chi connectivity index (χ2n) is 6.94. The van der Waals surface area contributed by atoms with Crippen LogP contribution in [0.25, 0.3) is 0 Å². The van der Waals surface area contributed by atoms with E-state index in [1.165, 1.54) is 16.9 Å². The number of rotatable bonds is 5. The fraction of sp³-hybridized carbons (Fsp3) is 0.667. The Hall–Kier alpha value is -1.38. The lowest BCUT2D eigenvalue weighted by Crippen LogP contribution is -2.37. The fourth-order valence-corrected chi connectivity index (χ4v) is 3.16. The van der Waals surface area contributed by atoms with E-state index in [4.69, 9.17) is 4.74 Å². The molecule has 1 aromatic carbocycles. The first-order chi connectivity index (χ1) is 9.86. The molecule has 1 aromatic rings. The molecule has 3 nitrogen and oxygen atoms in total. The normalized spacial score (nSPS) is 21.1. The first-order valence-corrected chi connectivity index (χ1v) is 8.21. The molecule has 1 aliphatic rings. The second-order valence-corrected chi connectivity index (χ2v) is 6.94. The van der Waals surface area contributed by atoms with Gasteiger partial charge in [-0.1, -0.05) is 13.8 Å². The number of nitrogens with one attached hydrogen (secondary N) is 2. The lowest BCUT2D eigenvalue weighted by Gasteiger charge is -2.38. The van der Waals surface area contributed by atoms with Crippen molar-refractivity contribution in [3.8, 4) is 5.75 Å². The maximum Gasteiger partial charge on any atom is 0.144 e. The highest BCUT2D eigenvalue weighted by Gasteiger charge is 2.31. The van der Waals surface area contributed by atoms with E-state index in [-0.39, 0.29) is 5.54 Å². The van der Waals surface area contributed by atoms with Crippen molar-refractivity contribution in [1.82, 2.24) is 0 Å². The van der Waals surface area contributed by atoms with E-state index in [0.717, 1.165) is 18.6 Å².